The Hall–Kier alpha value is -3.67. The van der Waals surface area contributed by atoms with Gasteiger partial charge >= 0.3 is 5.97 Å². The van der Waals surface area contributed by atoms with Crippen LogP contribution in [0.5, 0.6) is 0 Å². The average Bonchev–Trinajstić information content (AvgIpc) is 2.74. The predicted molar refractivity (Wildman–Crippen MR) is 112 cm³/mol. The maximum atomic E-state index is 12.0. The molecule has 2 heterocycles. The van der Waals surface area contributed by atoms with E-state index in [1.54, 1.807) is 25.1 Å². The number of fused-ring (bicyclic) bond motifs is 1. The SMILES string of the molecule is CCOC(=O)c1ccc(-c2cccc(-c3cc(N)c4c(n3)CCNC4=O)c2)cc1. The summed E-state index contributed by atoms with van der Waals surface area (Å²) in [5.74, 6) is -0.496. The maximum absolute atomic E-state index is 12.0. The molecule has 6 nitrogen and oxygen atoms in total. The van der Waals surface area contributed by atoms with Crippen LogP contribution < -0.4 is 11.1 Å². The number of ether oxygens (including phenoxy) is 1. The van der Waals surface area contributed by atoms with Gasteiger partial charge in [-0.2, -0.15) is 0 Å². The van der Waals surface area contributed by atoms with Crippen LogP contribution in [0.3, 0.4) is 0 Å². The minimum Gasteiger partial charge on any atom is -0.462 e. The molecule has 1 amide bonds. The summed E-state index contributed by atoms with van der Waals surface area (Å²) in [5.41, 5.74) is 11.9. The fourth-order valence-corrected chi connectivity index (χ4v) is 3.46. The molecule has 0 saturated carbocycles. The van der Waals surface area contributed by atoms with E-state index in [-0.39, 0.29) is 11.9 Å². The molecule has 0 atom stereocenters. The van der Waals surface area contributed by atoms with Crippen molar-refractivity contribution in [2.24, 2.45) is 0 Å². The third kappa shape index (κ3) is 3.69. The number of hydrogen-bond donors (Lipinski definition) is 2. The predicted octanol–water partition coefficient (Wildman–Crippen LogP) is 3.46. The summed E-state index contributed by atoms with van der Waals surface area (Å²) in [4.78, 5) is 28.6. The number of amides is 1. The van der Waals surface area contributed by atoms with E-state index >= 15 is 0 Å². The Morgan fingerprint density at radius 1 is 1.10 bits per heavy atom. The molecular weight excluding hydrogens is 366 g/mol. The van der Waals surface area contributed by atoms with E-state index < -0.39 is 0 Å². The van der Waals surface area contributed by atoms with Crippen LogP contribution in [0, 0.1) is 0 Å². The Balaban J connectivity index is 1.67. The first kappa shape index (κ1) is 18.7. The van der Waals surface area contributed by atoms with Gasteiger partial charge in [-0.3, -0.25) is 9.78 Å². The van der Waals surface area contributed by atoms with Gasteiger partial charge in [0.2, 0.25) is 0 Å². The van der Waals surface area contributed by atoms with Gasteiger partial charge in [0.15, 0.2) is 0 Å². The number of esters is 1. The van der Waals surface area contributed by atoms with Gasteiger partial charge < -0.3 is 15.8 Å². The van der Waals surface area contributed by atoms with Crippen molar-refractivity contribution in [1.82, 2.24) is 10.3 Å². The standard InChI is InChI=1S/C23H21N3O3/c1-2-29-23(28)15-8-6-14(7-9-15)16-4-3-5-17(12-16)20-13-18(24)21-19(26-20)10-11-25-22(21)27/h3-9,12-13H,2,10-11H2,1H3,(H2,24,26)(H,25,27). The van der Waals surface area contributed by atoms with Gasteiger partial charge in [0.05, 0.1) is 29.1 Å². The summed E-state index contributed by atoms with van der Waals surface area (Å²) in [7, 11) is 0. The normalized spacial score (nSPS) is 12.8. The fraction of sp³-hybridized carbons (Fsp3) is 0.174. The molecule has 1 aliphatic rings. The average molecular weight is 387 g/mol. The number of nitrogens with two attached hydrogens (primary N) is 1. The monoisotopic (exact) mass is 387 g/mol. The Morgan fingerprint density at radius 2 is 1.86 bits per heavy atom. The van der Waals surface area contributed by atoms with Gasteiger partial charge in [-0.15, -0.1) is 0 Å². The van der Waals surface area contributed by atoms with Crippen molar-refractivity contribution in [2.45, 2.75) is 13.3 Å². The van der Waals surface area contributed by atoms with Crippen LogP contribution in [0.2, 0.25) is 0 Å². The second-order valence-electron chi connectivity index (χ2n) is 6.80. The Kier molecular flexibility index (Phi) is 4.99. The van der Waals surface area contributed by atoms with Gasteiger partial charge in [-0.1, -0.05) is 30.3 Å². The number of hydrogen-bond acceptors (Lipinski definition) is 5. The van der Waals surface area contributed by atoms with Gasteiger partial charge in [-0.25, -0.2) is 4.79 Å². The van der Waals surface area contributed by atoms with E-state index in [2.05, 4.69) is 10.3 Å². The van der Waals surface area contributed by atoms with Gasteiger partial charge in [0.1, 0.15) is 0 Å². The number of pyridine rings is 1. The van der Waals surface area contributed by atoms with Crippen molar-refractivity contribution < 1.29 is 14.3 Å². The fourth-order valence-electron chi connectivity index (χ4n) is 3.46. The zero-order valence-corrected chi connectivity index (χ0v) is 16.1. The first-order valence-electron chi connectivity index (χ1n) is 9.52. The van der Waals surface area contributed by atoms with Crippen LogP contribution in [-0.4, -0.2) is 30.0 Å². The number of nitrogens with one attached hydrogen (secondary N) is 1. The minimum atomic E-state index is -0.328. The molecule has 0 saturated heterocycles. The number of rotatable bonds is 4. The lowest BCUT2D eigenvalue weighted by atomic mass is 9.98. The highest BCUT2D eigenvalue weighted by atomic mass is 16.5. The molecule has 6 heteroatoms. The zero-order chi connectivity index (χ0) is 20.4. The molecule has 146 valence electrons. The number of nitrogen functional groups attached to an aromatic ring is 1. The zero-order valence-electron chi connectivity index (χ0n) is 16.1. The molecular formula is C23H21N3O3. The van der Waals surface area contributed by atoms with Crippen LogP contribution in [0.25, 0.3) is 22.4 Å². The van der Waals surface area contributed by atoms with Crippen molar-refractivity contribution in [3.8, 4) is 22.4 Å². The molecule has 29 heavy (non-hydrogen) atoms. The third-order valence-corrected chi connectivity index (χ3v) is 4.89. The Bertz CT molecular complexity index is 1090. The summed E-state index contributed by atoms with van der Waals surface area (Å²) >= 11 is 0. The molecule has 4 rings (SSSR count). The van der Waals surface area contributed by atoms with Crippen LogP contribution in [-0.2, 0) is 11.2 Å². The van der Waals surface area contributed by atoms with Gasteiger partial charge in [0, 0.05) is 24.2 Å². The second kappa shape index (κ2) is 7.75. The number of carbonyl (C=O) groups excluding carboxylic acids is 2. The Labute approximate surface area is 168 Å². The summed E-state index contributed by atoms with van der Waals surface area (Å²) in [6, 6.07) is 17.0. The number of aromatic nitrogens is 1. The molecule has 2 aromatic carbocycles. The molecule has 0 radical (unpaired) electrons. The maximum Gasteiger partial charge on any atom is 0.338 e. The largest absolute Gasteiger partial charge is 0.462 e. The topological polar surface area (TPSA) is 94.3 Å². The van der Waals surface area contributed by atoms with Crippen LogP contribution >= 0.6 is 0 Å². The summed E-state index contributed by atoms with van der Waals surface area (Å²) in [5, 5.41) is 2.80. The molecule has 0 aliphatic carbocycles. The van der Waals surface area contributed by atoms with Crippen molar-refractivity contribution >= 4 is 17.6 Å². The van der Waals surface area contributed by atoms with Gasteiger partial charge in [0.25, 0.3) is 5.91 Å². The number of carbonyl (C=O) groups is 2. The highest BCUT2D eigenvalue weighted by molar-refractivity contribution is 6.01. The second-order valence-corrected chi connectivity index (χ2v) is 6.80. The summed E-state index contributed by atoms with van der Waals surface area (Å²) in [6.45, 7) is 2.70. The molecule has 3 N–H and O–H groups in total. The van der Waals surface area contributed by atoms with Crippen molar-refractivity contribution in [3.63, 3.8) is 0 Å². The van der Waals surface area contributed by atoms with Crippen LogP contribution in [0.1, 0.15) is 33.3 Å². The van der Waals surface area contributed by atoms with E-state index in [0.717, 1.165) is 28.1 Å². The van der Waals surface area contributed by atoms with Crippen molar-refractivity contribution in [2.75, 3.05) is 18.9 Å². The Morgan fingerprint density at radius 3 is 2.62 bits per heavy atom. The minimum absolute atomic E-state index is 0.168. The van der Waals surface area contributed by atoms with E-state index in [9.17, 15) is 9.59 Å². The molecule has 0 fully saturated rings. The molecule has 0 unspecified atom stereocenters. The lowest BCUT2D eigenvalue weighted by molar-refractivity contribution is 0.0526. The number of benzene rings is 2. The van der Waals surface area contributed by atoms with Crippen LogP contribution in [0.4, 0.5) is 5.69 Å². The number of anilines is 1. The van der Waals surface area contributed by atoms with Crippen molar-refractivity contribution in [1.29, 1.82) is 0 Å². The van der Waals surface area contributed by atoms with E-state index in [1.807, 2.05) is 36.4 Å². The number of nitrogens with zero attached hydrogens (tertiary/aromatic N) is 1. The first-order chi connectivity index (χ1) is 14.1. The quantitative estimate of drug-likeness (QED) is 0.669. The van der Waals surface area contributed by atoms with E-state index in [4.69, 9.17) is 10.5 Å². The molecule has 0 bridgehead atoms. The van der Waals surface area contributed by atoms with Gasteiger partial charge in [-0.05, 0) is 42.3 Å². The molecule has 0 spiro atoms. The highest BCUT2D eigenvalue weighted by Crippen LogP contribution is 2.29. The first-order valence-corrected chi connectivity index (χ1v) is 9.52. The molecule has 3 aromatic rings. The third-order valence-electron chi connectivity index (χ3n) is 4.89. The smallest absolute Gasteiger partial charge is 0.338 e. The molecule has 1 aliphatic heterocycles. The molecule has 1 aromatic heterocycles. The lowest BCUT2D eigenvalue weighted by Gasteiger charge is -2.18. The van der Waals surface area contributed by atoms with E-state index in [0.29, 0.717) is 36.4 Å². The lowest BCUT2D eigenvalue weighted by Crippen LogP contribution is -2.33. The summed E-state index contributed by atoms with van der Waals surface area (Å²) < 4.78 is 5.03. The summed E-state index contributed by atoms with van der Waals surface area (Å²) in [6.07, 6.45) is 0.661. The van der Waals surface area contributed by atoms with E-state index in [1.165, 1.54) is 0 Å². The van der Waals surface area contributed by atoms with Crippen LogP contribution in [0.15, 0.2) is 54.6 Å². The van der Waals surface area contributed by atoms with Crippen molar-refractivity contribution in [3.05, 3.63) is 71.4 Å². The highest BCUT2D eigenvalue weighted by Gasteiger charge is 2.22.